The summed E-state index contributed by atoms with van der Waals surface area (Å²) in [6, 6.07) is 5.48. The molecule has 0 aliphatic rings. The Morgan fingerprint density at radius 2 is 2.13 bits per heavy atom. The van der Waals surface area contributed by atoms with Crippen LogP contribution < -0.4 is 5.73 Å². The molecule has 0 saturated heterocycles. The minimum absolute atomic E-state index is 0.298. The zero-order chi connectivity index (χ0) is 11.4. The van der Waals surface area contributed by atoms with Gasteiger partial charge in [-0.3, -0.25) is 4.79 Å². The molecule has 0 aliphatic carbocycles. The van der Waals surface area contributed by atoms with Crippen molar-refractivity contribution in [3.63, 3.8) is 0 Å². The molecule has 0 fully saturated rings. The number of carbonyl (C=O) groups is 1. The molecule has 15 heavy (non-hydrogen) atoms. The van der Waals surface area contributed by atoms with E-state index >= 15 is 0 Å². The van der Waals surface area contributed by atoms with E-state index in [1.54, 1.807) is 6.92 Å². The first-order chi connectivity index (χ1) is 7.00. The summed E-state index contributed by atoms with van der Waals surface area (Å²) in [6.45, 7) is 5.95. The van der Waals surface area contributed by atoms with E-state index in [4.69, 9.17) is 10.5 Å². The summed E-state index contributed by atoms with van der Waals surface area (Å²) >= 11 is 0. The fourth-order valence-electron chi connectivity index (χ4n) is 1.29. The van der Waals surface area contributed by atoms with Crippen LogP contribution in [0.2, 0.25) is 0 Å². The van der Waals surface area contributed by atoms with Crippen LogP contribution in [-0.4, -0.2) is 12.0 Å². The number of aryl methyl sites for hydroxylation is 2. The van der Waals surface area contributed by atoms with Crippen molar-refractivity contribution in [2.75, 3.05) is 0 Å². The highest BCUT2D eigenvalue weighted by Crippen LogP contribution is 2.11. The molecule has 0 radical (unpaired) electrons. The van der Waals surface area contributed by atoms with Crippen LogP contribution in [0.5, 0.6) is 0 Å². The van der Waals surface area contributed by atoms with E-state index in [0.29, 0.717) is 6.61 Å². The molecule has 2 N–H and O–H groups in total. The van der Waals surface area contributed by atoms with Gasteiger partial charge in [-0.05, 0) is 31.9 Å². The molecule has 0 amide bonds. The molecule has 1 rings (SSSR count). The average Bonchev–Trinajstić information content (AvgIpc) is 2.15. The van der Waals surface area contributed by atoms with E-state index < -0.39 is 6.04 Å². The second-order valence-electron chi connectivity index (χ2n) is 3.83. The lowest BCUT2D eigenvalue weighted by Gasteiger charge is -2.09. The molecule has 3 nitrogen and oxygen atoms in total. The van der Waals surface area contributed by atoms with Gasteiger partial charge in [0.25, 0.3) is 0 Å². The molecule has 0 aliphatic heterocycles. The topological polar surface area (TPSA) is 52.3 Å². The number of hydrogen-bond donors (Lipinski definition) is 1. The number of carbonyl (C=O) groups excluding carboxylic acids is 1. The van der Waals surface area contributed by atoms with E-state index in [2.05, 4.69) is 6.07 Å². The predicted molar refractivity (Wildman–Crippen MR) is 59.4 cm³/mol. The van der Waals surface area contributed by atoms with Crippen molar-refractivity contribution in [1.82, 2.24) is 0 Å². The smallest absolute Gasteiger partial charge is 0.322 e. The van der Waals surface area contributed by atoms with Gasteiger partial charge >= 0.3 is 5.97 Å². The van der Waals surface area contributed by atoms with E-state index in [-0.39, 0.29) is 5.97 Å². The molecule has 1 aromatic rings. The second kappa shape index (κ2) is 4.94. The molecule has 0 aromatic heterocycles. The monoisotopic (exact) mass is 207 g/mol. The van der Waals surface area contributed by atoms with Crippen molar-refractivity contribution in [3.8, 4) is 0 Å². The molecule has 3 heteroatoms. The fourth-order valence-corrected chi connectivity index (χ4v) is 1.29. The Hall–Kier alpha value is -1.35. The standard InChI is InChI=1S/C12H17NO2/c1-8-4-5-11(9(2)6-8)7-15-12(14)10(3)13/h4-6,10H,7,13H2,1-3H3. The highest BCUT2D eigenvalue weighted by atomic mass is 16.5. The van der Waals surface area contributed by atoms with Crippen LogP contribution in [0.1, 0.15) is 23.6 Å². The third-order valence-corrected chi connectivity index (χ3v) is 2.24. The summed E-state index contributed by atoms with van der Waals surface area (Å²) in [5.74, 6) is -0.366. The largest absolute Gasteiger partial charge is 0.460 e. The van der Waals surface area contributed by atoms with Crippen LogP contribution in [0.25, 0.3) is 0 Å². The van der Waals surface area contributed by atoms with Gasteiger partial charge in [0.2, 0.25) is 0 Å². The van der Waals surface area contributed by atoms with E-state index in [0.717, 1.165) is 11.1 Å². The molecule has 1 aromatic carbocycles. The van der Waals surface area contributed by atoms with Crippen LogP contribution in [0.3, 0.4) is 0 Å². The lowest BCUT2D eigenvalue weighted by molar-refractivity contribution is -0.146. The van der Waals surface area contributed by atoms with Crippen molar-refractivity contribution in [3.05, 3.63) is 34.9 Å². The Balaban J connectivity index is 2.62. The maximum absolute atomic E-state index is 11.1. The molecule has 1 atom stereocenters. The summed E-state index contributed by atoms with van der Waals surface area (Å²) in [6.07, 6.45) is 0. The molecule has 0 heterocycles. The first-order valence-electron chi connectivity index (χ1n) is 4.99. The summed E-state index contributed by atoms with van der Waals surface area (Å²) in [7, 11) is 0. The Labute approximate surface area is 90.2 Å². The highest BCUT2D eigenvalue weighted by Gasteiger charge is 2.09. The lowest BCUT2D eigenvalue weighted by Crippen LogP contribution is -2.28. The molecule has 0 bridgehead atoms. The van der Waals surface area contributed by atoms with Gasteiger partial charge in [0.05, 0.1) is 0 Å². The summed E-state index contributed by atoms with van der Waals surface area (Å²) in [4.78, 5) is 11.1. The van der Waals surface area contributed by atoms with E-state index in [1.807, 2.05) is 26.0 Å². The Morgan fingerprint density at radius 3 is 2.67 bits per heavy atom. The first kappa shape index (κ1) is 11.7. The molecule has 0 spiro atoms. The van der Waals surface area contributed by atoms with Crippen molar-refractivity contribution in [2.24, 2.45) is 5.73 Å². The zero-order valence-corrected chi connectivity index (χ0v) is 9.41. The number of hydrogen-bond acceptors (Lipinski definition) is 3. The van der Waals surface area contributed by atoms with Crippen LogP contribution in [0, 0.1) is 13.8 Å². The van der Waals surface area contributed by atoms with Crippen molar-refractivity contribution in [2.45, 2.75) is 33.4 Å². The Bertz CT molecular complexity index is 359. The minimum Gasteiger partial charge on any atom is -0.460 e. The van der Waals surface area contributed by atoms with Gasteiger partial charge in [0.15, 0.2) is 0 Å². The van der Waals surface area contributed by atoms with Crippen molar-refractivity contribution < 1.29 is 9.53 Å². The predicted octanol–water partition coefficient (Wildman–Crippen LogP) is 1.69. The van der Waals surface area contributed by atoms with E-state index in [9.17, 15) is 4.79 Å². The van der Waals surface area contributed by atoms with Gasteiger partial charge < -0.3 is 10.5 Å². The van der Waals surface area contributed by atoms with Gasteiger partial charge in [-0.1, -0.05) is 23.8 Å². The van der Waals surface area contributed by atoms with Gasteiger partial charge in [-0.15, -0.1) is 0 Å². The van der Waals surface area contributed by atoms with Gasteiger partial charge in [-0.25, -0.2) is 0 Å². The molecule has 82 valence electrons. The number of benzene rings is 1. The summed E-state index contributed by atoms with van der Waals surface area (Å²) in [5, 5.41) is 0. The van der Waals surface area contributed by atoms with E-state index in [1.165, 1.54) is 5.56 Å². The third-order valence-electron chi connectivity index (χ3n) is 2.24. The highest BCUT2D eigenvalue weighted by molar-refractivity contribution is 5.74. The number of rotatable bonds is 3. The van der Waals surface area contributed by atoms with Crippen molar-refractivity contribution >= 4 is 5.97 Å². The molecule has 0 saturated carbocycles. The van der Waals surface area contributed by atoms with Gasteiger partial charge in [0, 0.05) is 0 Å². The Kier molecular flexibility index (Phi) is 3.86. The first-order valence-corrected chi connectivity index (χ1v) is 4.99. The van der Waals surface area contributed by atoms with Crippen LogP contribution in [0.15, 0.2) is 18.2 Å². The zero-order valence-electron chi connectivity index (χ0n) is 9.41. The molecule has 1 unspecified atom stereocenters. The van der Waals surface area contributed by atoms with Gasteiger partial charge in [-0.2, -0.15) is 0 Å². The summed E-state index contributed by atoms with van der Waals surface area (Å²) < 4.78 is 5.05. The third kappa shape index (κ3) is 3.36. The lowest BCUT2D eigenvalue weighted by atomic mass is 10.1. The molecular formula is C12H17NO2. The average molecular weight is 207 g/mol. The number of esters is 1. The summed E-state index contributed by atoms with van der Waals surface area (Å²) in [5.41, 5.74) is 8.75. The van der Waals surface area contributed by atoms with Crippen LogP contribution >= 0.6 is 0 Å². The van der Waals surface area contributed by atoms with Gasteiger partial charge in [0.1, 0.15) is 12.6 Å². The Morgan fingerprint density at radius 1 is 1.47 bits per heavy atom. The quantitative estimate of drug-likeness (QED) is 0.767. The second-order valence-corrected chi connectivity index (χ2v) is 3.83. The SMILES string of the molecule is Cc1ccc(COC(=O)C(C)N)c(C)c1. The minimum atomic E-state index is -0.559. The number of nitrogens with two attached hydrogens (primary N) is 1. The van der Waals surface area contributed by atoms with Crippen LogP contribution in [-0.2, 0) is 16.1 Å². The fraction of sp³-hybridized carbons (Fsp3) is 0.417. The van der Waals surface area contributed by atoms with Crippen molar-refractivity contribution in [1.29, 1.82) is 0 Å². The number of ether oxygens (including phenoxy) is 1. The maximum atomic E-state index is 11.1. The maximum Gasteiger partial charge on any atom is 0.322 e. The van der Waals surface area contributed by atoms with Crippen LogP contribution in [0.4, 0.5) is 0 Å². The molecular weight excluding hydrogens is 190 g/mol. The normalized spacial score (nSPS) is 12.3.